The molecule has 1 heterocycles. The number of nitrogens with zero attached hydrogens (tertiary/aromatic N) is 2. The van der Waals surface area contributed by atoms with Crippen molar-refractivity contribution in [2.45, 2.75) is 129 Å². The van der Waals surface area contributed by atoms with Crippen molar-refractivity contribution >= 4 is 0 Å². The van der Waals surface area contributed by atoms with Gasteiger partial charge in [0.25, 0.3) is 0 Å². The summed E-state index contributed by atoms with van der Waals surface area (Å²) in [4.78, 5) is 5.17. The molecule has 1 aliphatic heterocycles. The minimum atomic E-state index is 0.398. The van der Waals surface area contributed by atoms with E-state index in [0.29, 0.717) is 6.17 Å². The second-order valence-corrected chi connectivity index (χ2v) is 9.86. The summed E-state index contributed by atoms with van der Waals surface area (Å²) in [7, 11) is 0. The molecule has 2 nitrogen and oxygen atoms in total. The van der Waals surface area contributed by atoms with Crippen molar-refractivity contribution in [3.05, 3.63) is 48.3 Å². The predicted molar refractivity (Wildman–Crippen MR) is 142 cm³/mol. The molecule has 1 aromatic carbocycles. The van der Waals surface area contributed by atoms with Crippen LogP contribution in [0.5, 0.6) is 0 Å². The van der Waals surface area contributed by atoms with Crippen molar-refractivity contribution in [3.63, 3.8) is 0 Å². The third kappa shape index (κ3) is 10.9. The van der Waals surface area contributed by atoms with Gasteiger partial charge in [-0.3, -0.25) is 0 Å². The molecule has 0 radical (unpaired) electrons. The third-order valence-corrected chi connectivity index (χ3v) is 6.97. The van der Waals surface area contributed by atoms with E-state index < -0.39 is 0 Å². The molecular weight excluding hydrogens is 388 g/mol. The monoisotopic (exact) mass is 440 g/mol. The molecule has 32 heavy (non-hydrogen) atoms. The average molecular weight is 441 g/mol. The van der Waals surface area contributed by atoms with Crippen LogP contribution in [0.3, 0.4) is 0 Å². The maximum Gasteiger partial charge on any atom is 0.127 e. The fraction of sp³-hybridized carbons (Fsp3) is 0.733. The Morgan fingerprint density at radius 1 is 0.500 bits per heavy atom. The molecule has 0 saturated carbocycles. The van der Waals surface area contributed by atoms with Gasteiger partial charge in [-0.15, -0.1) is 0 Å². The van der Waals surface area contributed by atoms with Crippen molar-refractivity contribution in [1.82, 2.24) is 9.80 Å². The van der Waals surface area contributed by atoms with E-state index in [-0.39, 0.29) is 0 Å². The standard InChI is InChI=1S/C30H52N2/c1-3-5-7-9-11-13-15-17-22-26-32-28-27-31(30(32)29-23-19-18-20-24-29)25-21-16-14-12-10-8-6-4-2/h18-20,23-24,27-28,30H,3-17,21-22,25-26H2,1-2H3. The van der Waals surface area contributed by atoms with Crippen LogP contribution in [0, 0.1) is 0 Å². The maximum atomic E-state index is 2.58. The molecule has 2 rings (SSSR count). The van der Waals surface area contributed by atoms with Crippen molar-refractivity contribution in [1.29, 1.82) is 0 Å². The lowest BCUT2D eigenvalue weighted by atomic mass is 10.1. The van der Waals surface area contributed by atoms with Gasteiger partial charge in [0.05, 0.1) is 0 Å². The van der Waals surface area contributed by atoms with E-state index in [2.05, 4.69) is 66.4 Å². The first-order chi connectivity index (χ1) is 15.9. The highest BCUT2D eigenvalue weighted by molar-refractivity contribution is 5.21. The van der Waals surface area contributed by atoms with Gasteiger partial charge in [0.2, 0.25) is 0 Å². The van der Waals surface area contributed by atoms with E-state index in [4.69, 9.17) is 0 Å². The molecular formula is C30H52N2. The fourth-order valence-electron chi connectivity index (χ4n) is 4.96. The molecule has 0 fully saturated rings. The lowest BCUT2D eigenvalue weighted by Gasteiger charge is -2.33. The van der Waals surface area contributed by atoms with E-state index in [1.54, 1.807) is 0 Å². The van der Waals surface area contributed by atoms with Crippen molar-refractivity contribution in [2.75, 3.05) is 13.1 Å². The summed E-state index contributed by atoms with van der Waals surface area (Å²) in [5.41, 5.74) is 1.44. The zero-order chi connectivity index (χ0) is 22.7. The lowest BCUT2D eigenvalue weighted by Crippen LogP contribution is -2.32. The minimum Gasteiger partial charge on any atom is -0.352 e. The molecule has 0 saturated heterocycles. The van der Waals surface area contributed by atoms with Crippen LogP contribution in [-0.2, 0) is 0 Å². The topological polar surface area (TPSA) is 6.48 Å². The average Bonchev–Trinajstić information content (AvgIpc) is 3.23. The first-order valence-corrected chi connectivity index (χ1v) is 14.1. The molecule has 0 bridgehead atoms. The number of unbranched alkanes of at least 4 members (excludes halogenated alkanes) is 15. The summed E-state index contributed by atoms with van der Waals surface area (Å²) < 4.78 is 0. The van der Waals surface area contributed by atoms with Gasteiger partial charge >= 0.3 is 0 Å². The molecule has 0 amide bonds. The van der Waals surface area contributed by atoms with Gasteiger partial charge in [0.1, 0.15) is 6.17 Å². The maximum absolute atomic E-state index is 2.58. The Labute approximate surface area is 200 Å². The van der Waals surface area contributed by atoms with Gasteiger partial charge < -0.3 is 9.80 Å². The Morgan fingerprint density at radius 3 is 1.28 bits per heavy atom. The molecule has 0 aromatic heterocycles. The first kappa shape index (κ1) is 26.8. The van der Waals surface area contributed by atoms with Crippen LogP contribution < -0.4 is 0 Å². The van der Waals surface area contributed by atoms with Crippen LogP contribution in [-0.4, -0.2) is 22.9 Å². The van der Waals surface area contributed by atoms with Gasteiger partial charge in [-0.1, -0.05) is 140 Å². The Kier molecular flexibility index (Phi) is 15.1. The Bertz CT molecular complexity index is 567. The largest absolute Gasteiger partial charge is 0.352 e. The highest BCUT2D eigenvalue weighted by Crippen LogP contribution is 2.31. The molecule has 2 heteroatoms. The molecule has 0 N–H and O–H groups in total. The summed E-state index contributed by atoms with van der Waals surface area (Å²) in [6, 6.07) is 11.1. The molecule has 0 aliphatic carbocycles. The third-order valence-electron chi connectivity index (χ3n) is 6.97. The zero-order valence-electron chi connectivity index (χ0n) is 21.4. The van der Waals surface area contributed by atoms with E-state index in [1.807, 2.05) is 0 Å². The highest BCUT2D eigenvalue weighted by atomic mass is 15.4. The quantitative estimate of drug-likeness (QED) is 0.186. The van der Waals surface area contributed by atoms with Crippen LogP contribution in [0.2, 0.25) is 0 Å². The van der Waals surface area contributed by atoms with Gasteiger partial charge in [0.15, 0.2) is 0 Å². The van der Waals surface area contributed by atoms with Crippen LogP contribution in [0.15, 0.2) is 42.7 Å². The number of rotatable bonds is 20. The fourth-order valence-corrected chi connectivity index (χ4v) is 4.96. The van der Waals surface area contributed by atoms with E-state index in [9.17, 15) is 0 Å². The van der Waals surface area contributed by atoms with Crippen LogP contribution in [0.1, 0.15) is 135 Å². The molecule has 1 aromatic rings. The Balaban J connectivity index is 1.68. The Hall–Kier alpha value is -1.44. The van der Waals surface area contributed by atoms with Crippen molar-refractivity contribution in [3.8, 4) is 0 Å². The summed E-state index contributed by atoms with van der Waals surface area (Å²) >= 11 is 0. The molecule has 182 valence electrons. The smallest absolute Gasteiger partial charge is 0.127 e. The van der Waals surface area contributed by atoms with Crippen molar-refractivity contribution < 1.29 is 0 Å². The van der Waals surface area contributed by atoms with Crippen LogP contribution in [0.25, 0.3) is 0 Å². The SMILES string of the molecule is CCCCCCCCCCCN1C=CN(CCCCCCCCCC)C1c1ccccc1. The molecule has 0 spiro atoms. The summed E-state index contributed by atoms with van der Waals surface area (Å²) in [6.45, 7) is 6.96. The van der Waals surface area contributed by atoms with E-state index in [1.165, 1.54) is 128 Å². The van der Waals surface area contributed by atoms with Crippen molar-refractivity contribution in [2.24, 2.45) is 0 Å². The second kappa shape index (κ2) is 18.0. The molecule has 1 atom stereocenters. The number of hydrogen-bond donors (Lipinski definition) is 0. The zero-order valence-corrected chi connectivity index (χ0v) is 21.4. The normalized spacial score (nSPS) is 15.8. The summed E-state index contributed by atoms with van der Waals surface area (Å²) in [5.74, 6) is 0. The van der Waals surface area contributed by atoms with Gasteiger partial charge in [-0.25, -0.2) is 0 Å². The Morgan fingerprint density at radius 2 is 0.875 bits per heavy atom. The van der Waals surface area contributed by atoms with Gasteiger partial charge in [0, 0.05) is 25.5 Å². The number of hydrogen-bond acceptors (Lipinski definition) is 2. The summed E-state index contributed by atoms with van der Waals surface area (Å²) in [6.07, 6.45) is 28.8. The van der Waals surface area contributed by atoms with E-state index in [0.717, 1.165) is 0 Å². The highest BCUT2D eigenvalue weighted by Gasteiger charge is 2.26. The first-order valence-electron chi connectivity index (χ1n) is 14.1. The lowest BCUT2D eigenvalue weighted by molar-refractivity contribution is 0.149. The van der Waals surface area contributed by atoms with E-state index >= 15 is 0 Å². The van der Waals surface area contributed by atoms with Gasteiger partial charge in [-0.05, 0) is 18.4 Å². The minimum absolute atomic E-state index is 0.398. The second-order valence-electron chi connectivity index (χ2n) is 9.86. The van der Waals surface area contributed by atoms with Gasteiger partial charge in [-0.2, -0.15) is 0 Å². The molecule has 1 unspecified atom stereocenters. The van der Waals surface area contributed by atoms with Crippen LogP contribution >= 0.6 is 0 Å². The number of benzene rings is 1. The predicted octanol–water partition coefficient (Wildman–Crippen LogP) is 9.45. The van der Waals surface area contributed by atoms with Crippen LogP contribution in [0.4, 0.5) is 0 Å². The summed E-state index contributed by atoms with van der Waals surface area (Å²) in [5, 5.41) is 0. The molecule has 1 aliphatic rings.